The Morgan fingerprint density at radius 1 is 1.06 bits per heavy atom. The van der Waals surface area contributed by atoms with E-state index in [1.807, 2.05) is 0 Å². The summed E-state index contributed by atoms with van der Waals surface area (Å²) in [7, 11) is 0. The summed E-state index contributed by atoms with van der Waals surface area (Å²) in [6.45, 7) is 2.18. The maximum atomic E-state index is 12.3. The average Bonchev–Trinajstić information content (AvgIpc) is 2.31. The van der Waals surface area contributed by atoms with Gasteiger partial charge >= 0.3 is 0 Å². The van der Waals surface area contributed by atoms with E-state index in [1.54, 1.807) is 0 Å². The van der Waals surface area contributed by atoms with Gasteiger partial charge in [0.1, 0.15) is 11.5 Å². The topological polar surface area (TPSA) is 30.2 Å². The molecule has 3 rings (SSSR count). The fraction of sp³-hybridized carbons (Fsp3) is 0.643. The first-order chi connectivity index (χ1) is 7.77. The first-order valence-corrected chi connectivity index (χ1v) is 6.45. The molecular weight excluding hydrogens is 200 g/mol. The highest BCUT2D eigenvalue weighted by Crippen LogP contribution is 2.32. The zero-order valence-electron chi connectivity index (χ0n) is 9.84. The smallest absolute Gasteiger partial charge is 0.191 e. The number of hydrogen-bond acceptors (Lipinski definition) is 2. The van der Waals surface area contributed by atoms with Crippen LogP contribution in [-0.4, -0.2) is 0 Å². The van der Waals surface area contributed by atoms with Crippen molar-refractivity contribution in [3.8, 4) is 0 Å². The van der Waals surface area contributed by atoms with Gasteiger partial charge in [0.05, 0.1) is 0 Å². The second-order valence-corrected chi connectivity index (χ2v) is 5.18. The number of fused-ring (bicyclic) bond motifs is 2. The molecule has 2 nitrogen and oxygen atoms in total. The third-order valence-corrected chi connectivity index (χ3v) is 4.01. The molecule has 0 radical (unpaired) electrons. The van der Waals surface area contributed by atoms with Gasteiger partial charge in [0.2, 0.25) is 0 Å². The summed E-state index contributed by atoms with van der Waals surface area (Å²) in [5, 5.41) is 0. The van der Waals surface area contributed by atoms with Gasteiger partial charge in [0, 0.05) is 23.5 Å². The van der Waals surface area contributed by atoms with Crippen molar-refractivity contribution in [1.82, 2.24) is 0 Å². The van der Waals surface area contributed by atoms with Crippen LogP contribution in [0, 0.1) is 0 Å². The average molecular weight is 218 g/mol. The Morgan fingerprint density at radius 2 is 1.81 bits per heavy atom. The molecule has 0 bridgehead atoms. The Hall–Kier alpha value is -1.05. The van der Waals surface area contributed by atoms with Crippen LogP contribution < -0.4 is 5.43 Å². The zero-order valence-corrected chi connectivity index (χ0v) is 9.84. The predicted molar refractivity (Wildman–Crippen MR) is 63.0 cm³/mol. The molecule has 2 heteroatoms. The van der Waals surface area contributed by atoms with Gasteiger partial charge in [-0.3, -0.25) is 4.79 Å². The highest BCUT2D eigenvalue weighted by atomic mass is 16.3. The summed E-state index contributed by atoms with van der Waals surface area (Å²) in [6, 6.07) is 0. The quantitative estimate of drug-likeness (QED) is 0.670. The fourth-order valence-electron chi connectivity index (χ4n) is 3.07. The van der Waals surface area contributed by atoms with E-state index in [2.05, 4.69) is 6.92 Å². The van der Waals surface area contributed by atoms with Crippen molar-refractivity contribution in [3.05, 3.63) is 32.9 Å². The van der Waals surface area contributed by atoms with Crippen molar-refractivity contribution in [2.75, 3.05) is 0 Å². The maximum absolute atomic E-state index is 12.3. The van der Waals surface area contributed by atoms with Crippen LogP contribution in [0.4, 0.5) is 0 Å². The van der Waals surface area contributed by atoms with Crippen molar-refractivity contribution in [2.45, 2.75) is 57.8 Å². The third-order valence-electron chi connectivity index (χ3n) is 4.01. The Kier molecular flexibility index (Phi) is 2.38. The molecule has 0 spiro atoms. The lowest BCUT2D eigenvalue weighted by atomic mass is 9.86. The molecule has 0 saturated carbocycles. The fourth-order valence-corrected chi connectivity index (χ4v) is 3.07. The highest BCUT2D eigenvalue weighted by molar-refractivity contribution is 5.32. The van der Waals surface area contributed by atoms with Crippen molar-refractivity contribution in [1.29, 1.82) is 0 Å². The monoisotopic (exact) mass is 218 g/mol. The molecule has 16 heavy (non-hydrogen) atoms. The van der Waals surface area contributed by atoms with Crippen LogP contribution in [0.5, 0.6) is 0 Å². The molecule has 1 heterocycles. The van der Waals surface area contributed by atoms with Gasteiger partial charge in [0.15, 0.2) is 5.43 Å². The van der Waals surface area contributed by atoms with Crippen LogP contribution in [0.1, 0.15) is 61.2 Å². The summed E-state index contributed by atoms with van der Waals surface area (Å²) >= 11 is 0. The second-order valence-electron chi connectivity index (χ2n) is 5.18. The van der Waals surface area contributed by atoms with E-state index < -0.39 is 0 Å². The van der Waals surface area contributed by atoms with Gasteiger partial charge in [-0.05, 0) is 38.5 Å². The molecule has 0 amide bonds. The van der Waals surface area contributed by atoms with Crippen molar-refractivity contribution < 1.29 is 4.42 Å². The molecule has 0 saturated heterocycles. The molecule has 1 aromatic rings. The van der Waals surface area contributed by atoms with Crippen molar-refractivity contribution >= 4 is 0 Å². The van der Waals surface area contributed by atoms with Crippen LogP contribution in [-0.2, 0) is 19.3 Å². The SMILES string of the molecule is CC1CCCc2c1oc1c(c2=O)CCCC1. The van der Waals surface area contributed by atoms with Crippen LogP contribution >= 0.6 is 0 Å². The first kappa shape index (κ1) is 10.1. The molecule has 1 unspecified atom stereocenters. The molecule has 2 aliphatic rings. The number of hydrogen-bond donors (Lipinski definition) is 0. The lowest BCUT2D eigenvalue weighted by Crippen LogP contribution is -2.25. The second kappa shape index (κ2) is 3.76. The van der Waals surface area contributed by atoms with Crippen molar-refractivity contribution in [3.63, 3.8) is 0 Å². The zero-order chi connectivity index (χ0) is 11.1. The number of rotatable bonds is 0. The minimum absolute atomic E-state index is 0.308. The summed E-state index contributed by atoms with van der Waals surface area (Å²) in [5.41, 5.74) is 2.28. The summed E-state index contributed by atoms with van der Waals surface area (Å²) in [6.07, 6.45) is 7.43. The lowest BCUT2D eigenvalue weighted by Gasteiger charge is -2.24. The molecular formula is C14H18O2. The minimum Gasteiger partial charge on any atom is -0.465 e. The van der Waals surface area contributed by atoms with Crippen LogP contribution in [0.2, 0.25) is 0 Å². The maximum Gasteiger partial charge on any atom is 0.191 e. The largest absolute Gasteiger partial charge is 0.465 e. The molecule has 1 atom stereocenters. The molecule has 86 valence electrons. The van der Waals surface area contributed by atoms with Crippen LogP contribution in [0.3, 0.4) is 0 Å². The molecule has 2 aliphatic carbocycles. The van der Waals surface area contributed by atoms with Gasteiger partial charge in [-0.15, -0.1) is 0 Å². The normalized spacial score (nSPS) is 23.7. The minimum atomic E-state index is 0.308. The van der Waals surface area contributed by atoms with Gasteiger partial charge in [-0.25, -0.2) is 0 Å². The summed E-state index contributed by atoms with van der Waals surface area (Å²) in [5.74, 6) is 2.42. The van der Waals surface area contributed by atoms with Gasteiger partial charge in [0.25, 0.3) is 0 Å². The molecule has 0 fully saturated rings. The van der Waals surface area contributed by atoms with E-state index >= 15 is 0 Å². The summed E-state index contributed by atoms with van der Waals surface area (Å²) in [4.78, 5) is 12.3. The van der Waals surface area contributed by atoms with Crippen molar-refractivity contribution in [2.24, 2.45) is 0 Å². The number of aryl methyl sites for hydroxylation is 1. The van der Waals surface area contributed by atoms with E-state index in [0.29, 0.717) is 11.3 Å². The first-order valence-electron chi connectivity index (χ1n) is 6.45. The Balaban J connectivity index is 2.22. The molecule has 0 aliphatic heterocycles. The van der Waals surface area contributed by atoms with Crippen LogP contribution in [0.25, 0.3) is 0 Å². The molecule has 0 N–H and O–H groups in total. The van der Waals surface area contributed by atoms with E-state index in [4.69, 9.17) is 4.42 Å². The van der Waals surface area contributed by atoms with Crippen LogP contribution in [0.15, 0.2) is 9.21 Å². The lowest BCUT2D eigenvalue weighted by molar-refractivity contribution is 0.366. The van der Waals surface area contributed by atoms with Gasteiger partial charge in [-0.2, -0.15) is 0 Å². The van der Waals surface area contributed by atoms with Gasteiger partial charge < -0.3 is 4.42 Å². The van der Waals surface area contributed by atoms with E-state index in [-0.39, 0.29) is 0 Å². The van der Waals surface area contributed by atoms with Gasteiger partial charge in [-0.1, -0.05) is 6.92 Å². The van der Waals surface area contributed by atoms with E-state index in [0.717, 1.165) is 61.2 Å². The Morgan fingerprint density at radius 3 is 2.69 bits per heavy atom. The highest BCUT2D eigenvalue weighted by Gasteiger charge is 2.26. The van der Waals surface area contributed by atoms with E-state index in [1.165, 1.54) is 6.42 Å². The Bertz CT molecular complexity index is 470. The molecule has 1 aromatic heterocycles. The predicted octanol–water partition coefficient (Wildman–Crippen LogP) is 2.96. The molecule has 0 aromatic carbocycles. The standard InChI is InChI=1S/C14H18O2/c1-9-5-4-7-11-13(15)10-6-2-3-8-12(10)16-14(9)11/h9H,2-8H2,1H3. The Labute approximate surface area is 95.7 Å². The van der Waals surface area contributed by atoms with E-state index in [9.17, 15) is 4.79 Å². The summed E-state index contributed by atoms with van der Waals surface area (Å²) < 4.78 is 6.02. The third kappa shape index (κ3) is 1.43.